The van der Waals surface area contributed by atoms with Gasteiger partial charge in [-0.15, -0.1) is 0 Å². The largest absolute Gasteiger partial charge is 0.351 e. The van der Waals surface area contributed by atoms with Crippen LogP contribution in [0.15, 0.2) is 42.5 Å². The lowest BCUT2D eigenvalue weighted by Gasteiger charge is -2.23. The van der Waals surface area contributed by atoms with Gasteiger partial charge < -0.3 is 15.5 Å². The molecule has 3 N–H and O–H groups in total. The van der Waals surface area contributed by atoms with E-state index < -0.39 is 11.6 Å². The molecule has 28 heavy (non-hydrogen) atoms. The Hall–Kier alpha value is -2.93. The molecule has 1 heterocycles. The molecule has 2 atom stereocenters. The number of carbonyl (C=O) groups is 3. The number of carbonyl (C=O) groups excluding carboxylic acids is 3. The molecule has 1 saturated heterocycles. The summed E-state index contributed by atoms with van der Waals surface area (Å²) in [4.78, 5) is 39.4. The van der Waals surface area contributed by atoms with Crippen LogP contribution < -0.4 is 15.5 Å². The highest BCUT2D eigenvalue weighted by Crippen LogP contribution is 2.30. The van der Waals surface area contributed by atoms with Crippen LogP contribution in [0.5, 0.6) is 0 Å². The molecule has 4 amide bonds. The van der Waals surface area contributed by atoms with E-state index in [0.29, 0.717) is 6.54 Å². The highest BCUT2D eigenvalue weighted by atomic mass is 16.2. The molecule has 0 aromatic heterocycles. The van der Waals surface area contributed by atoms with Gasteiger partial charge in [0.2, 0.25) is 0 Å². The monoisotopic (exact) mass is 383 g/mol. The van der Waals surface area contributed by atoms with Crippen LogP contribution in [-0.4, -0.2) is 49.6 Å². The summed E-state index contributed by atoms with van der Waals surface area (Å²) in [7, 11) is 1.79. The maximum absolute atomic E-state index is 13.1. The third-order valence-electron chi connectivity index (χ3n) is 5.06. The van der Waals surface area contributed by atoms with Crippen molar-refractivity contribution in [3.8, 4) is 0 Å². The molecule has 7 nitrogen and oxygen atoms in total. The number of likely N-dealkylation sites (N-methyl/N-ethyl adjacent to an activating group) is 1. The van der Waals surface area contributed by atoms with Crippen molar-refractivity contribution in [3.05, 3.63) is 48.0 Å². The van der Waals surface area contributed by atoms with Crippen LogP contribution in [0.3, 0.4) is 0 Å². The molecule has 2 aromatic carbocycles. The van der Waals surface area contributed by atoms with Crippen LogP contribution in [-0.2, 0) is 15.1 Å². The van der Waals surface area contributed by atoms with Crippen LogP contribution in [0, 0.1) is 0 Å². The molecule has 3 rings (SSSR count). The highest BCUT2D eigenvalue weighted by molar-refractivity contribution is 6.07. The van der Waals surface area contributed by atoms with Crippen LogP contribution in [0.4, 0.5) is 4.79 Å². The number of nitrogens with zero attached hydrogens (tertiary/aromatic N) is 1. The van der Waals surface area contributed by atoms with Crippen LogP contribution in [0.25, 0.3) is 10.8 Å². The van der Waals surface area contributed by atoms with E-state index in [4.69, 9.17) is 0 Å². The van der Waals surface area contributed by atoms with Gasteiger partial charge in [0.1, 0.15) is 5.54 Å². The number of fused-ring (bicyclic) bond motifs is 1. The maximum atomic E-state index is 13.1. The van der Waals surface area contributed by atoms with E-state index in [9.17, 15) is 14.4 Å². The number of rotatable bonds is 7. The van der Waals surface area contributed by atoms with Gasteiger partial charge in [-0.2, -0.15) is 0 Å². The molecular weight excluding hydrogens is 356 g/mol. The number of imide groups is 1. The molecule has 1 aliphatic rings. The molecule has 0 bridgehead atoms. The standard InChI is InChI=1S/C21H26N4O3/c1-4-11-22-18(26)13-24(3)14-25-19(27)21(2,23-20(25)28)17-10-9-15-7-5-6-8-16(15)12-17/h5-10,12H,4,11,13-14H2,1-3H3,(H,22,26)(H,23,28)/p+1/t21-/m1/s1. The molecule has 148 valence electrons. The fourth-order valence-electron chi connectivity index (χ4n) is 3.46. The van der Waals surface area contributed by atoms with Gasteiger partial charge in [0.05, 0.1) is 7.05 Å². The van der Waals surface area contributed by atoms with Gasteiger partial charge >= 0.3 is 6.03 Å². The molecule has 1 unspecified atom stereocenters. The average molecular weight is 383 g/mol. The summed E-state index contributed by atoms with van der Waals surface area (Å²) in [5.74, 6) is -0.398. The third kappa shape index (κ3) is 3.84. The summed E-state index contributed by atoms with van der Waals surface area (Å²) in [5.41, 5.74) is -0.378. The predicted octanol–water partition coefficient (Wildman–Crippen LogP) is 0.605. The summed E-state index contributed by atoms with van der Waals surface area (Å²) < 4.78 is 0. The van der Waals surface area contributed by atoms with Crippen molar-refractivity contribution < 1.29 is 19.3 Å². The lowest BCUT2D eigenvalue weighted by molar-refractivity contribution is -0.879. The minimum absolute atomic E-state index is 0.0938. The van der Waals surface area contributed by atoms with Gasteiger partial charge in [-0.3, -0.25) is 9.59 Å². The molecule has 1 aliphatic heterocycles. The normalized spacial score (nSPS) is 20.3. The Morgan fingerprint density at radius 2 is 1.89 bits per heavy atom. The van der Waals surface area contributed by atoms with Crippen LogP contribution >= 0.6 is 0 Å². The summed E-state index contributed by atoms with van der Waals surface area (Å²) >= 11 is 0. The number of hydrogen-bond acceptors (Lipinski definition) is 3. The fraction of sp³-hybridized carbons (Fsp3) is 0.381. The first-order valence-corrected chi connectivity index (χ1v) is 9.56. The van der Waals surface area contributed by atoms with E-state index in [0.717, 1.165) is 27.7 Å². The second-order valence-corrected chi connectivity index (χ2v) is 7.49. The maximum Gasteiger partial charge on any atom is 0.329 e. The van der Waals surface area contributed by atoms with E-state index in [-0.39, 0.29) is 25.0 Å². The Morgan fingerprint density at radius 3 is 2.61 bits per heavy atom. The molecule has 1 fully saturated rings. The Kier molecular flexibility index (Phi) is 5.65. The van der Waals surface area contributed by atoms with Crippen molar-refractivity contribution in [1.82, 2.24) is 15.5 Å². The Morgan fingerprint density at radius 1 is 1.18 bits per heavy atom. The fourth-order valence-corrected chi connectivity index (χ4v) is 3.46. The second-order valence-electron chi connectivity index (χ2n) is 7.49. The SMILES string of the molecule is CCCNC(=O)C[NH+](C)CN1C(=O)N[C@](C)(c2ccc3ccccc3c2)C1=O. The van der Waals surface area contributed by atoms with Gasteiger partial charge in [-0.05, 0) is 35.7 Å². The topological polar surface area (TPSA) is 82.9 Å². The Labute approximate surface area is 164 Å². The van der Waals surface area contributed by atoms with Crippen molar-refractivity contribution >= 4 is 28.6 Å². The van der Waals surface area contributed by atoms with E-state index in [1.807, 2.05) is 49.4 Å². The van der Waals surface area contributed by atoms with E-state index in [1.54, 1.807) is 14.0 Å². The van der Waals surface area contributed by atoms with Crippen molar-refractivity contribution in [3.63, 3.8) is 0 Å². The minimum atomic E-state index is -1.12. The van der Waals surface area contributed by atoms with Gasteiger partial charge in [-0.25, -0.2) is 9.69 Å². The molecule has 0 saturated carbocycles. The first-order valence-electron chi connectivity index (χ1n) is 9.56. The highest BCUT2D eigenvalue weighted by Gasteiger charge is 2.50. The Bertz CT molecular complexity index is 913. The smallest absolute Gasteiger partial charge is 0.329 e. The molecule has 0 aliphatic carbocycles. The minimum Gasteiger partial charge on any atom is -0.351 e. The summed E-state index contributed by atoms with van der Waals surface area (Å²) in [5, 5.41) is 7.72. The van der Waals surface area contributed by atoms with Gasteiger partial charge in [0.25, 0.3) is 11.8 Å². The van der Waals surface area contributed by atoms with E-state index in [1.165, 1.54) is 4.90 Å². The number of benzene rings is 2. The second kappa shape index (κ2) is 7.98. The lowest BCUT2D eigenvalue weighted by atomic mass is 9.90. The first-order chi connectivity index (χ1) is 13.3. The average Bonchev–Trinajstić information content (AvgIpc) is 2.90. The zero-order chi connectivity index (χ0) is 20.3. The number of hydrogen-bond donors (Lipinski definition) is 3. The Balaban J connectivity index is 1.75. The number of urea groups is 1. The first kappa shape index (κ1) is 19.8. The van der Waals surface area contributed by atoms with E-state index in [2.05, 4.69) is 10.6 Å². The zero-order valence-corrected chi connectivity index (χ0v) is 16.5. The van der Waals surface area contributed by atoms with Gasteiger partial charge in [-0.1, -0.05) is 43.3 Å². The van der Waals surface area contributed by atoms with Crippen molar-refractivity contribution in [1.29, 1.82) is 0 Å². The van der Waals surface area contributed by atoms with Crippen LogP contribution in [0.1, 0.15) is 25.8 Å². The van der Waals surface area contributed by atoms with Crippen molar-refractivity contribution in [2.75, 3.05) is 26.8 Å². The molecule has 7 heteroatoms. The predicted molar refractivity (Wildman–Crippen MR) is 107 cm³/mol. The van der Waals surface area contributed by atoms with E-state index >= 15 is 0 Å². The summed E-state index contributed by atoms with van der Waals surface area (Å²) in [6.07, 6.45) is 0.863. The molecule has 0 radical (unpaired) electrons. The van der Waals surface area contributed by atoms with Crippen molar-refractivity contribution in [2.45, 2.75) is 25.8 Å². The van der Waals surface area contributed by atoms with Gasteiger partial charge in [0, 0.05) is 6.54 Å². The van der Waals surface area contributed by atoms with Crippen molar-refractivity contribution in [2.24, 2.45) is 0 Å². The van der Waals surface area contributed by atoms with Crippen LogP contribution in [0.2, 0.25) is 0 Å². The molecule has 0 spiro atoms. The number of quaternary nitrogens is 1. The lowest BCUT2D eigenvalue weighted by Crippen LogP contribution is -3.12. The summed E-state index contributed by atoms with van der Waals surface area (Å²) in [6, 6.07) is 13.2. The number of amides is 4. The zero-order valence-electron chi connectivity index (χ0n) is 16.5. The van der Waals surface area contributed by atoms with Gasteiger partial charge in [0.15, 0.2) is 13.2 Å². The summed E-state index contributed by atoms with van der Waals surface area (Å²) in [6.45, 7) is 4.66. The molecular formula is C21H27N4O3+. The number of nitrogens with one attached hydrogen (secondary N) is 3. The molecule has 2 aromatic rings. The quantitative estimate of drug-likeness (QED) is 0.613. The third-order valence-corrected chi connectivity index (χ3v) is 5.06.